The van der Waals surface area contributed by atoms with E-state index in [1.165, 1.54) is 5.75 Å². The molecule has 4 nitrogen and oxygen atoms in total. The molecule has 0 spiro atoms. The van der Waals surface area contributed by atoms with Crippen molar-refractivity contribution < 1.29 is 0 Å². The lowest BCUT2D eigenvalue weighted by Gasteiger charge is -2.33. The summed E-state index contributed by atoms with van der Waals surface area (Å²) in [5.74, 6) is 4.13. The van der Waals surface area contributed by atoms with Gasteiger partial charge in [0, 0.05) is 42.1 Å². The van der Waals surface area contributed by atoms with Crippen molar-refractivity contribution in [1.29, 1.82) is 0 Å². The first-order valence-electron chi connectivity index (χ1n) is 7.26. The van der Waals surface area contributed by atoms with E-state index in [0.29, 0.717) is 5.25 Å². The van der Waals surface area contributed by atoms with E-state index in [4.69, 9.17) is 4.98 Å². The van der Waals surface area contributed by atoms with E-state index < -0.39 is 0 Å². The van der Waals surface area contributed by atoms with Crippen LogP contribution in [0, 0.1) is 6.92 Å². The number of nitrogens with one attached hydrogen (secondary N) is 1. The lowest BCUT2D eigenvalue weighted by molar-refractivity contribution is 0.544. The summed E-state index contributed by atoms with van der Waals surface area (Å²) in [6.45, 7) is 13.0. The Balaban J connectivity index is 2.45. The molecule has 112 valence electrons. The molecule has 1 N–H and O–H groups in total. The quantitative estimate of drug-likeness (QED) is 0.908. The van der Waals surface area contributed by atoms with Gasteiger partial charge in [-0.2, -0.15) is 11.8 Å². The summed E-state index contributed by atoms with van der Waals surface area (Å²) in [4.78, 5) is 12.0. The maximum absolute atomic E-state index is 4.88. The van der Waals surface area contributed by atoms with E-state index in [1.807, 2.05) is 18.8 Å². The zero-order chi connectivity index (χ0) is 14.9. The molecule has 1 fully saturated rings. The second-order valence-electron chi connectivity index (χ2n) is 6.47. The van der Waals surface area contributed by atoms with Gasteiger partial charge in [-0.15, -0.1) is 0 Å². The fraction of sp³-hybridized carbons (Fsp3) is 0.733. The highest BCUT2D eigenvalue weighted by Gasteiger charge is 2.25. The molecule has 1 aromatic heterocycles. The van der Waals surface area contributed by atoms with Crippen LogP contribution in [0.25, 0.3) is 0 Å². The van der Waals surface area contributed by atoms with Gasteiger partial charge in [0.2, 0.25) is 0 Å². The fourth-order valence-corrected chi connectivity index (χ4v) is 3.42. The number of hydrogen-bond acceptors (Lipinski definition) is 5. The molecule has 2 heterocycles. The Labute approximate surface area is 126 Å². The number of anilines is 2. The molecule has 1 saturated heterocycles. The highest BCUT2D eigenvalue weighted by molar-refractivity contribution is 8.00. The Morgan fingerprint density at radius 1 is 1.30 bits per heavy atom. The average Bonchev–Trinajstić information content (AvgIpc) is 2.37. The minimum atomic E-state index is -0.0375. The Hall–Kier alpha value is -0.970. The molecule has 0 aromatic carbocycles. The molecule has 2 rings (SSSR count). The van der Waals surface area contributed by atoms with E-state index in [0.717, 1.165) is 36.1 Å². The normalized spacial score (nSPS) is 20.1. The van der Waals surface area contributed by atoms with Gasteiger partial charge in [-0.25, -0.2) is 9.97 Å². The monoisotopic (exact) mass is 294 g/mol. The number of nitrogens with zero attached hydrogens (tertiary/aromatic N) is 3. The summed E-state index contributed by atoms with van der Waals surface area (Å²) in [6.07, 6.45) is 0. The SMILES string of the molecule is CNc1nc(C(C)(C)C)nc(N2CCSC(C)C2)c1C. The predicted octanol–water partition coefficient (Wildman–Crippen LogP) is 3.07. The molecule has 1 aromatic rings. The predicted molar refractivity (Wildman–Crippen MR) is 89.1 cm³/mol. The molecular weight excluding hydrogens is 268 g/mol. The lowest BCUT2D eigenvalue weighted by atomic mass is 9.95. The van der Waals surface area contributed by atoms with Crippen molar-refractivity contribution in [3.8, 4) is 0 Å². The van der Waals surface area contributed by atoms with Crippen LogP contribution in [0.4, 0.5) is 11.6 Å². The first-order chi connectivity index (χ1) is 9.32. The lowest BCUT2D eigenvalue weighted by Crippen LogP contribution is -2.38. The van der Waals surface area contributed by atoms with Gasteiger partial charge in [0.05, 0.1) is 0 Å². The zero-order valence-electron chi connectivity index (χ0n) is 13.4. The van der Waals surface area contributed by atoms with Crippen LogP contribution in [0.2, 0.25) is 0 Å². The van der Waals surface area contributed by atoms with Crippen molar-refractivity contribution in [3.63, 3.8) is 0 Å². The van der Waals surface area contributed by atoms with E-state index in [-0.39, 0.29) is 5.41 Å². The van der Waals surface area contributed by atoms with Gasteiger partial charge in [-0.05, 0) is 6.92 Å². The third-order valence-electron chi connectivity index (χ3n) is 3.57. The van der Waals surface area contributed by atoms with Gasteiger partial charge in [0.15, 0.2) is 0 Å². The summed E-state index contributed by atoms with van der Waals surface area (Å²) in [5.41, 5.74) is 1.11. The van der Waals surface area contributed by atoms with Crippen molar-refractivity contribution >= 4 is 23.4 Å². The minimum Gasteiger partial charge on any atom is -0.373 e. The average molecular weight is 294 g/mol. The van der Waals surface area contributed by atoms with Crippen LogP contribution in [-0.2, 0) is 5.41 Å². The Kier molecular flexibility index (Phi) is 4.47. The van der Waals surface area contributed by atoms with Crippen LogP contribution in [0.3, 0.4) is 0 Å². The van der Waals surface area contributed by atoms with Crippen LogP contribution in [0.5, 0.6) is 0 Å². The van der Waals surface area contributed by atoms with E-state index >= 15 is 0 Å². The molecule has 0 saturated carbocycles. The summed E-state index contributed by atoms with van der Waals surface area (Å²) >= 11 is 2.04. The third kappa shape index (κ3) is 3.19. The van der Waals surface area contributed by atoms with Crippen molar-refractivity contribution in [3.05, 3.63) is 11.4 Å². The van der Waals surface area contributed by atoms with Gasteiger partial charge < -0.3 is 10.2 Å². The van der Waals surface area contributed by atoms with Crippen molar-refractivity contribution in [2.75, 3.05) is 36.1 Å². The van der Waals surface area contributed by atoms with E-state index in [1.54, 1.807) is 0 Å². The fourth-order valence-electron chi connectivity index (χ4n) is 2.40. The Bertz CT molecular complexity index is 481. The van der Waals surface area contributed by atoms with Crippen LogP contribution in [0.1, 0.15) is 39.1 Å². The highest BCUT2D eigenvalue weighted by atomic mass is 32.2. The number of thioether (sulfide) groups is 1. The molecule has 0 amide bonds. The molecule has 1 aliphatic rings. The highest BCUT2D eigenvalue weighted by Crippen LogP contribution is 2.30. The number of aromatic nitrogens is 2. The van der Waals surface area contributed by atoms with Crippen LogP contribution in [0.15, 0.2) is 0 Å². The van der Waals surface area contributed by atoms with Gasteiger partial charge >= 0.3 is 0 Å². The number of hydrogen-bond donors (Lipinski definition) is 1. The van der Waals surface area contributed by atoms with Gasteiger partial charge in [-0.3, -0.25) is 0 Å². The molecule has 1 aliphatic heterocycles. The van der Waals surface area contributed by atoms with Crippen LogP contribution >= 0.6 is 11.8 Å². The van der Waals surface area contributed by atoms with Crippen LogP contribution < -0.4 is 10.2 Å². The Morgan fingerprint density at radius 3 is 2.55 bits per heavy atom. The van der Waals surface area contributed by atoms with Gasteiger partial charge in [0.25, 0.3) is 0 Å². The molecule has 20 heavy (non-hydrogen) atoms. The summed E-state index contributed by atoms with van der Waals surface area (Å²) in [7, 11) is 1.93. The second-order valence-corrected chi connectivity index (χ2v) is 8.02. The van der Waals surface area contributed by atoms with Gasteiger partial charge in [-0.1, -0.05) is 27.7 Å². The van der Waals surface area contributed by atoms with E-state index in [2.05, 4.69) is 49.8 Å². The summed E-state index contributed by atoms with van der Waals surface area (Å²) in [5, 5.41) is 3.88. The molecule has 0 aliphatic carbocycles. The first kappa shape index (κ1) is 15.4. The van der Waals surface area contributed by atoms with Gasteiger partial charge in [0.1, 0.15) is 17.5 Å². The second kappa shape index (κ2) is 5.80. The molecule has 5 heteroatoms. The molecule has 0 bridgehead atoms. The first-order valence-corrected chi connectivity index (χ1v) is 8.31. The van der Waals surface area contributed by atoms with Crippen molar-refractivity contribution in [1.82, 2.24) is 9.97 Å². The van der Waals surface area contributed by atoms with Crippen molar-refractivity contribution in [2.24, 2.45) is 0 Å². The Morgan fingerprint density at radius 2 is 2.00 bits per heavy atom. The molecular formula is C15H26N4S. The summed E-state index contributed by atoms with van der Waals surface area (Å²) in [6, 6.07) is 0. The minimum absolute atomic E-state index is 0.0375. The summed E-state index contributed by atoms with van der Waals surface area (Å²) < 4.78 is 0. The standard InChI is InChI=1S/C15H26N4S/c1-10-9-19(7-8-20-10)13-11(2)12(16-6)17-14(18-13)15(3,4)5/h10H,7-9H2,1-6H3,(H,16,17,18). The largest absolute Gasteiger partial charge is 0.373 e. The molecule has 0 radical (unpaired) electrons. The van der Waals surface area contributed by atoms with Crippen molar-refractivity contribution in [2.45, 2.75) is 45.3 Å². The zero-order valence-corrected chi connectivity index (χ0v) is 14.3. The maximum Gasteiger partial charge on any atom is 0.138 e. The molecule has 1 unspecified atom stereocenters. The third-order valence-corrected chi connectivity index (χ3v) is 4.70. The molecule has 1 atom stereocenters. The van der Waals surface area contributed by atoms with Crippen LogP contribution in [-0.4, -0.2) is 41.1 Å². The maximum atomic E-state index is 4.88. The van der Waals surface area contributed by atoms with E-state index in [9.17, 15) is 0 Å². The number of rotatable bonds is 2. The topological polar surface area (TPSA) is 41.1 Å². The smallest absolute Gasteiger partial charge is 0.138 e.